The third kappa shape index (κ3) is 4.63. The van der Waals surface area contributed by atoms with Gasteiger partial charge >= 0.3 is 6.18 Å². The zero-order valence-electron chi connectivity index (χ0n) is 19.2. The predicted molar refractivity (Wildman–Crippen MR) is 118 cm³/mol. The Morgan fingerprint density at radius 1 is 1.12 bits per heavy atom. The maximum absolute atomic E-state index is 13.8. The zero-order chi connectivity index (χ0) is 24.6. The second kappa shape index (κ2) is 8.88. The van der Waals surface area contributed by atoms with Crippen molar-refractivity contribution < 1.29 is 18.0 Å². The molecule has 4 aromatic rings. The Morgan fingerprint density at radius 2 is 1.88 bits per heavy atom. The van der Waals surface area contributed by atoms with Crippen LogP contribution in [0.1, 0.15) is 45.9 Å². The monoisotopic (exact) mass is 471 g/mol. The van der Waals surface area contributed by atoms with E-state index in [1.807, 2.05) is 13.8 Å². The summed E-state index contributed by atoms with van der Waals surface area (Å²) in [6, 6.07) is 5.81. The molecule has 0 spiro atoms. The van der Waals surface area contributed by atoms with Gasteiger partial charge in [-0.1, -0.05) is 6.07 Å². The molecule has 0 bridgehead atoms. The summed E-state index contributed by atoms with van der Waals surface area (Å²) in [6.45, 7) is 7.02. The van der Waals surface area contributed by atoms with Crippen LogP contribution in [0.5, 0.6) is 0 Å². The summed E-state index contributed by atoms with van der Waals surface area (Å²) >= 11 is 0. The van der Waals surface area contributed by atoms with Crippen LogP contribution in [0.3, 0.4) is 0 Å². The van der Waals surface area contributed by atoms with Crippen LogP contribution in [-0.4, -0.2) is 35.3 Å². The fraction of sp³-hybridized carbons (Fsp3) is 0.348. The molecule has 178 valence electrons. The van der Waals surface area contributed by atoms with E-state index in [1.165, 1.54) is 17.1 Å². The Kier molecular flexibility index (Phi) is 6.11. The van der Waals surface area contributed by atoms with Crippen LogP contribution in [0.25, 0.3) is 11.5 Å². The molecule has 0 unspecified atom stereocenters. The molecule has 0 atom stereocenters. The maximum atomic E-state index is 13.8. The van der Waals surface area contributed by atoms with Gasteiger partial charge in [0.2, 0.25) is 5.91 Å². The Labute approximate surface area is 193 Å². The molecule has 0 aliphatic carbocycles. The summed E-state index contributed by atoms with van der Waals surface area (Å²) in [4.78, 5) is 20.9. The molecular weight excluding hydrogens is 447 g/mol. The van der Waals surface area contributed by atoms with Gasteiger partial charge in [0.25, 0.3) is 5.78 Å². The number of aromatic nitrogens is 6. The van der Waals surface area contributed by atoms with E-state index in [0.29, 0.717) is 23.6 Å². The highest BCUT2D eigenvalue weighted by atomic mass is 19.4. The van der Waals surface area contributed by atoms with E-state index in [-0.39, 0.29) is 24.4 Å². The Hall–Kier alpha value is -3.76. The number of nitrogens with zero attached hydrogens (tertiary/aromatic N) is 6. The number of carbonyl (C=O) groups is 1. The van der Waals surface area contributed by atoms with Gasteiger partial charge in [-0.05, 0) is 63.4 Å². The van der Waals surface area contributed by atoms with Crippen LogP contribution in [-0.2, 0) is 23.9 Å². The predicted octanol–water partition coefficient (Wildman–Crippen LogP) is 3.81. The number of rotatable bonds is 6. The number of hydrogen-bond acceptors (Lipinski definition) is 5. The first kappa shape index (κ1) is 23.4. The van der Waals surface area contributed by atoms with Gasteiger partial charge in [0.15, 0.2) is 0 Å². The lowest BCUT2D eigenvalue weighted by Gasteiger charge is -2.16. The molecule has 1 N–H and O–H groups in total. The number of nitrogens with one attached hydrogen (secondary N) is 1. The number of aryl methyl sites for hydroxylation is 4. The Balaban J connectivity index is 1.47. The van der Waals surface area contributed by atoms with E-state index < -0.39 is 11.7 Å². The van der Waals surface area contributed by atoms with E-state index in [0.717, 1.165) is 28.7 Å². The topological polar surface area (TPSA) is 90.0 Å². The molecule has 1 aromatic carbocycles. The van der Waals surface area contributed by atoms with Crippen molar-refractivity contribution in [1.29, 1.82) is 0 Å². The highest BCUT2D eigenvalue weighted by Crippen LogP contribution is 2.33. The van der Waals surface area contributed by atoms with E-state index in [4.69, 9.17) is 0 Å². The van der Waals surface area contributed by atoms with Crippen LogP contribution in [0.2, 0.25) is 0 Å². The Morgan fingerprint density at radius 3 is 2.56 bits per heavy atom. The van der Waals surface area contributed by atoms with Crippen LogP contribution in [0.15, 0.2) is 30.6 Å². The van der Waals surface area contributed by atoms with Crippen molar-refractivity contribution >= 4 is 11.7 Å². The number of fused-ring (bicyclic) bond motifs is 1. The maximum Gasteiger partial charge on any atom is 0.416 e. The summed E-state index contributed by atoms with van der Waals surface area (Å²) in [5.74, 6) is 0.125. The van der Waals surface area contributed by atoms with E-state index >= 15 is 0 Å². The summed E-state index contributed by atoms with van der Waals surface area (Å²) in [6.07, 6.45) is -2.67. The third-order valence-corrected chi connectivity index (χ3v) is 5.72. The van der Waals surface area contributed by atoms with E-state index in [9.17, 15) is 18.0 Å². The molecule has 8 nitrogen and oxygen atoms in total. The first-order chi connectivity index (χ1) is 16.0. The summed E-state index contributed by atoms with van der Waals surface area (Å²) in [5.41, 5.74) is 3.38. The molecule has 0 fully saturated rings. The van der Waals surface area contributed by atoms with Crippen LogP contribution < -0.4 is 5.32 Å². The molecule has 0 aliphatic rings. The highest BCUT2D eigenvalue weighted by molar-refractivity contribution is 5.76. The van der Waals surface area contributed by atoms with Crippen molar-refractivity contribution in [3.05, 3.63) is 70.1 Å². The minimum absolute atomic E-state index is 0.0100. The third-order valence-electron chi connectivity index (χ3n) is 5.72. The molecule has 0 saturated heterocycles. The normalized spacial score (nSPS) is 11.9. The fourth-order valence-electron chi connectivity index (χ4n) is 4.04. The van der Waals surface area contributed by atoms with Crippen molar-refractivity contribution in [3.8, 4) is 5.69 Å². The summed E-state index contributed by atoms with van der Waals surface area (Å²) in [5, 5.41) is 11.0. The average molecular weight is 471 g/mol. The minimum atomic E-state index is -4.57. The van der Waals surface area contributed by atoms with Crippen molar-refractivity contribution in [2.75, 3.05) is 0 Å². The molecule has 34 heavy (non-hydrogen) atoms. The standard InChI is InChI=1S/C23H24F3N7O/c1-13-9-14(2)32(31-13)18-6-5-17(20(10-18)23(24,25)26)11-27-21(34)8-7-19-15(3)30-22-28-12-29-33(22)16(19)4/h5-6,9-10,12H,7-8,11H2,1-4H3,(H,27,34). The van der Waals surface area contributed by atoms with Crippen molar-refractivity contribution in [3.63, 3.8) is 0 Å². The molecule has 3 aromatic heterocycles. The van der Waals surface area contributed by atoms with Gasteiger partial charge in [-0.25, -0.2) is 14.2 Å². The van der Waals surface area contributed by atoms with E-state index in [2.05, 4.69) is 25.5 Å². The lowest BCUT2D eigenvalue weighted by atomic mass is 10.0. The quantitative estimate of drug-likeness (QED) is 0.462. The average Bonchev–Trinajstić information content (AvgIpc) is 3.37. The summed E-state index contributed by atoms with van der Waals surface area (Å²) in [7, 11) is 0. The Bertz CT molecular complexity index is 1370. The van der Waals surface area contributed by atoms with Gasteiger partial charge < -0.3 is 5.32 Å². The van der Waals surface area contributed by atoms with Gasteiger partial charge in [0, 0.05) is 30.0 Å². The number of hydrogen-bond donors (Lipinski definition) is 1. The molecule has 11 heteroatoms. The van der Waals surface area contributed by atoms with Gasteiger partial charge in [0.05, 0.1) is 16.9 Å². The minimum Gasteiger partial charge on any atom is -0.352 e. The lowest BCUT2D eigenvalue weighted by molar-refractivity contribution is -0.138. The number of carbonyl (C=O) groups excluding carboxylic acids is 1. The molecule has 0 aliphatic heterocycles. The second-order valence-electron chi connectivity index (χ2n) is 8.19. The SMILES string of the molecule is Cc1cc(C)n(-c2ccc(CNC(=O)CCc3c(C)nc4ncnn4c3C)c(C(F)(F)F)c2)n1. The van der Waals surface area contributed by atoms with Gasteiger partial charge in [-0.3, -0.25) is 4.79 Å². The molecule has 3 heterocycles. The molecular formula is C23H24F3N7O. The lowest BCUT2D eigenvalue weighted by Crippen LogP contribution is -2.25. The number of amides is 1. The van der Waals surface area contributed by atoms with Crippen molar-refractivity contribution in [1.82, 2.24) is 34.7 Å². The number of halogens is 3. The molecule has 0 radical (unpaired) electrons. The first-order valence-corrected chi connectivity index (χ1v) is 10.7. The van der Waals surface area contributed by atoms with E-state index in [1.54, 1.807) is 30.5 Å². The van der Waals surface area contributed by atoms with Gasteiger partial charge in [-0.2, -0.15) is 28.4 Å². The van der Waals surface area contributed by atoms with Crippen LogP contribution in [0.4, 0.5) is 13.2 Å². The van der Waals surface area contributed by atoms with Crippen LogP contribution in [0, 0.1) is 27.7 Å². The van der Waals surface area contributed by atoms with Gasteiger partial charge in [-0.15, -0.1) is 0 Å². The van der Waals surface area contributed by atoms with Crippen molar-refractivity contribution in [2.45, 2.75) is 53.3 Å². The largest absolute Gasteiger partial charge is 0.416 e. The molecule has 4 rings (SSSR count). The first-order valence-electron chi connectivity index (χ1n) is 10.7. The van der Waals surface area contributed by atoms with Gasteiger partial charge in [0.1, 0.15) is 6.33 Å². The zero-order valence-corrected chi connectivity index (χ0v) is 19.2. The summed E-state index contributed by atoms with van der Waals surface area (Å²) < 4.78 is 44.4. The molecule has 1 amide bonds. The highest BCUT2D eigenvalue weighted by Gasteiger charge is 2.34. The van der Waals surface area contributed by atoms with Crippen LogP contribution >= 0.6 is 0 Å². The molecule has 0 saturated carbocycles. The number of benzene rings is 1. The fourth-order valence-corrected chi connectivity index (χ4v) is 4.04. The number of alkyl halides is 3. The second-order valence-corrected chi connectivity index (χ2v) is 8.19. The van der Waals surface area contributed by atoms with Crippen molar-refractivity contribution in [2.24, 2.45) is 0 Å². The smallest absolute Gasteiger partial charge is 0.352 e.